The number of ether oxygens (including phenoxy) is 2. The Balaban J connectivity index is 1.43. The summed E-state index contributed by atoms with van der Waals surface area (Å²) in [6.07, 6.45) is 0. The van der Waals surface area contributed by atoms with E-state index < -0.39 is 20.0 Å². The Morgan fingerprint density at radius 1 is 0.514 bits per heavy atom. The fourth-order valence-corrected chi connectivity index (χ4v) is 5.98. The van der Waals surface area contributed by atoms with Crippen LogP contribution in [0.2, 0.25) is 13.1 Å². The minimum Gasteiger partial charge on any atom is -0.478 e. The number of carboxylic acids is 2. The molecule has 0 radical (unpaired) electrons. The minimum atomic E-state index is -1.97. The molecule has 6 nitrogen and oxygen atoms in total. The molecule has 2 N–H and O–H groups in total. The fourth-order valence-electron chi connectivity index (χ4n) is 3.65. The van der Waals surface area contributed by atoms with E-state index in [4.69, 9.17) is 19.7 Å². The monoisotopic (exact) mass is 484 g/mol. The number of hydrogen-bond acceptors (Lipinski definition) is 4. The summed E-state index contributed by atoms with van der Waals surface area (Å²) in [5.74, 6) is 0.572. The van der Waals surface area contributed by atoms with Crippen LogP contribution in [0, 0.1) is 0 Å². The summed E-state index contributed by atoms with van der Waals surface area (Å²) in [5, 5.41) is 20.5. The molecule has 0 atom stereocenters. The van der Waals surface area contributed by atoms with Crippen LogP contribution in [0.15, 0.2) is 97.1 Å². The van der Waals surface area contributed by atoms with Crippen molar-refractivity contribution in [1.29, 1.82) is 0 Å². The summed E-state index contributed by atoms with van der Waals surface area (Å²) in [5.41, 5.74) is 0.431. The average molecular weight is 485 g/mol. The van der Waals surface area contributed by atoms with E-state index in [1.54, 1.807) is 24.3 Å². The van der Waals surface area contributed by atoms with Crippen LogP contribution in [-0.4, -0.2) is 30.2 Å². The van der Waals surface area contributed by atoms with Crippen molar-refractivity contribution in [2.75, 3.05) is 0 Å². The van der Waals surface area contributed by atoms with Gasteiger partial charge in [-0.1, -0.05) is 47.7 Å². The Labute approximate surface area is 204 Å². The molecule has 0 aliphatic carbocycles. The first-order valence-electron chi connectivity index (χ1n) is 11.0. The van der Waals surface area contributed by atoms with E-state index in [0.29, 0.717) is 23.0 Å². The van der Waals surface area contributed by atoms with Crippen LogP contribution in [0.5, 0.6) is 23.0 Å². The topological polar surface area (TPSA) is 93.1 Å². The summed E-state index contributed by atoms with van der Waals surface area (Å²) in [7, 11) is -1.97. The summed E-state index contributed by atoms with van der Waals surface area (Å²) in [6, 6.07) is 28.6. The number of benzene rings is 4. The first kappa shape index (κ1) is 23.8. The lowest BCUT2D eigenvalue weighted by atomic mass is 10.2. The van der Waals surface area contributed by atoms with Crippen molar-refractivity contribution in [3.05, 3.63) is 108 Å². The molecule has 0 aliphatic heterocycles. The van der Waals surface area contributed by atoms with Gasteiger partial charge in [0, 0.05) is 0 Å². The molecule has 0 heterocycles. The lowest BCUT2D eigenvalue weighted by molar-refractivity contribution is 0.0686. The zero-order valence-corrected chi connectivity index (χ0v) is 20.3. The van der Waals surface area contributed by atoms with Crippen LogP contribution in [0.4, 0.5) is 0 Å². The fraction of sp³-hybridized carbons (Fsp3) is 0.0714. The predicted octanol–water partition coefficient (Wildman–Crippen LogP) is 5.49. The van der Waals surface area contributed by atoms with Gasteiger partial charge in [-0.3, -0.25) is 0 Å². The maximum atomic E-state index is 11.0. The van der Waals surface area contributed by atoms with Gasteiger partial charge in [0.1, 0.15) is 31.1 Å². The van der Waals surface area contributed by atoms with Crippen LogP contribution in [-0.2, 0) is 0 Å². The van der Waals surface area contributed by atoms with Gasteiger partial charge in [-0.15, -0.1) is 0 Å². The molecule has 0 spiro atoms. The van der Waals surface area contributed by atoms with Crippen LogP contribution in [0.1, 0.15) is 20.7 Å². The maximum Gasteiger partial charge on any atom is 0.335 e. The largest absolute Gasteiger partial charge is 0.478 e. The van der Waals surface area contributed by atoms with Gasteiger partial charge in [-0.05, 0) is 72.8 Å². The van der Waals surface area contributed by atoms with Gasteiger partial charge < -0.3 is 19.7 Å². The Morgan fingerprint density at radius 2 is 0.771 bits per heavy atom. The molecule has 4 aromatic rings. The van der Waals surface area contributed by atoms with Gasteiger partial charge in [-0.2, -0.15) is 0 Å². The second-order valence-electron chi connectivity index (χ2n) is 8.54. The zero-order chi connectivity index (χ0) is 25.0. The highest BCUT2D eigenvalue weighted by Crippen LogP contribution is 2.23. The zero-order valence-electron chi connectivity index (χ0n) is 19.3. The lowest BCUT2D eigenvalue weighted by Crippen LogP contribution is -2.52. The second kappa shape index (κ2) is 9.86. The van der Waals surface area contributed by atoms with E-state index in [1.165, 1.54) is 34.6 Å². The molecule has 0 unspecified atom stereocenters. The van der Waals surface area contributed by atoms with Crippen molar-refractivity contribution in [3.63, 3.8) is 0 Å². The molecule has 0 amide bonds. The SMILES string of the molecule is C[Si](C)(c1ccc(Oc2ccc(C(=O)O)cc2)cc1)c1ccc(Oc2ccc(C(=O)O)cc2)cc1. The Kier molecular flexibility index (Phi) is 6.70. The van der Waals surface area contributed by atoms with Crippen molar-refractivity contribution in [2.45, 2.75) is 13.1 Å². The highest BCUT2D eigenvalue weighted by Gasteiger charge is 2.26. The maximum absolute atomic E-state index is 11.0. The van der Waals surface area contributed by atoms with Crippen LogP contribution >= 0.6 is 0 Å². The molecule has 0 fully saturated rings. The molecule has 0 saturated heterocycles. The number of aromatic carboxylic acids is 2. The normalized spacial score (nSPS) is 11.0. The highest BCUT2D eigenvalue weighted by molar-refractivity contribution is 7.00. The molecule has 7 heteroatoms. The molecular weight excluding hydrogens is 460 g/mol. The third kappa shape index (κ3) is 5.59. The average Bonchev–Trinajstić information content (AvgIpc) is 2.85. The molecule has 0 bridgehead atoms. The summed E-state index contributed by atoms with van der Waals surface area (Å²) in [6.45, 7) is 4.54. The number of hydrogen-bond donors (Lipinski definition) is 2. The molecule has 176 valence electrons. The van der Waals surface area contributed by atoms with Crippen molar-refractivity contribution < 1.29 is 29.3 Å². The van der Waals surface area contributed by atoms with Crippen molar-refractivity contribution >= 4 is 30.4 Å². The number of carbonyl (C=O) groups is 2. The molecule has 4 aromatic carbocycles. The first-order chi connectivity index (χ1) is 16.7. The summed E-state index contributed by atoms with van der Waals surface area (Å²) >= 11 is 0. The Morgan fingerprint density at radius 3 is 1.03 bits per heavy atom. The molecule has 4 rings (SSSR count). The van der Waals surface area contributed by atoms with E-state index in [9.17, 15) is 9.59 Å². The third-order valence-corrected chi connectivity index (χ3v) is 9.38. The quantitative estimate of drug-likeness (QED) is 0.321. The van der Waals surface area contributed by atoms with E-state index in [2.05, 4.69) is 37.4 Å². The number of rotatable bonds is 8. The lowest BCUT2D eigenvalue weighted by Gasteiger charge is -2.24. The minimum absolute atomic E-state index is 0.216. The molecular formula is C28H24O6Si. The number of carboxylic acid groups (broad SMARTS) is 2. The van der Waals surface area contributed by atoms with Gasteiger partial charge in [0.2, 0.25) is 0 Å². The smallest absolute Gasteiger partial charge is 0.335 e. The van der Waals surface area contributed by atoms with E-state index in [0.717, 1.165) is 0 Å². The van der Waals surface area contributed by atoms with Crippen molar-refractivity contribution in [3.8, 4) is 23.0 Å². The predicted molar refractivity (Wildman–Crippen MR) is 137 cm³/mol. The van der Waals surface area contributed by atoms with E-state index in [1.807, 2.05) is 24.3 Å². The van der Waals surface area contributed by atoms with Gasteiger partial charge in [-0.25, -0.2) is 9.59 Å². The van der Waals surface area contributed by atoms with Crippen molar-refractivity contribution in [2.24, 2.45) is 0 Å². The van der Waals surface area contributed by atoms with Gasteiger partial charge in [0.25, 0.3) is 0 Å². The van der Waals surface area contributed by atoms with Gasteiger partial charge in [0.05, 0.1) is 11.1 Å². The standard InChI is InChI=1S/C28H24O6Si/c1-35(2,25-15-11-23(12-16-25)33-21-7-3-19(4-8-21)27(29)30)26-17-13-24(14-18-26)34-22-9-5-20(6-10-22)28(31)32/h3-18H,1-2H3,(H,29,30)(H,31,32). The Hall–Kier alpha value is -4.36. The molecule has 0 saturated carbocycles. The van der Waals surface area contributed by atoms with Gasteiger partial charge in [0.15, 0.2) is 0 Å². The van der Waals surface area contributed by atoms with Crippen LogP contribution in [0.3, 0.4) is 0 Å². The molecule has 0 aromatic heterocycles. The van der Waals surface area contributed by atoms with E-state index in [-0.39, 0.29) is 11.1 Å². The van der Waals surface area contributed by atoms with Crippen LogP contribution in [0.25, 0.3) is 0 Å². The highest BCUT2D eigenvalue weighted by atomic mass is 28.3. The second-order valence-corrected chi connectivity index (χ2v) is 12.9. The third-order valence-electron chi connectivity index (χ3n) is 5.83. The molecule has 35 heavy (non-hydrogen) atoms. The Bertz CT molecular complexity index is 1220. The van der Waals surface area contributed by atoms with Crippen molar-refractivity contribution in [1.82, 2.24) is 0 Å². The first-order valence-corrected chi connectivity index (χ1v) is 14.0. The van der Waals surface area contributed by atoms with Crippen LogP contribution < -0.4 is 19.8 Å². The van der Waals surface area contributed by atoms with Gasteiger partial charge >= 0.3 is 11.9 Å². The summed E-state index contributed by atoms with van der Waals surface area (Å²) in [4.78, 5) is 22.0. The summed E-state index contributed by atoms with van der Waals surface area (Å²) < 4.78 is 11.7. The van der Waals surface area contributed by atoms with E-state index >= 15 is 0 Å². The molecule has 0 aliphatic rings.